The Hall–Kier alpha value is -4.08. The van der Waals surface area contributed by atoms with E-state index < -0.39 is 42.3 Å². The molecule has 2 aromatic carbocycles. The van der Waals surface area contributed by atoms with E-state index in [9.17, 15) is 24.3 Å². The van der Waals surface area contributed by atoms with Crippen LogP contribution in [-0.4, -0.2) is 54.0 Å². The van der Waals surface area contributed by atoms with E-state index in [0.29, 0.717) is 17.7 Å². The number of aromatic carboxylic acids is 1. The summed E-state index contributed by atoms with van der Waals surface area (Å²) in [4.78, 5) is 50.7. The number of carboxylic acid groups (broad SMARTS) is 1. The Balaban J connectivity index is 1.79. The van der Waals surface area contributed by atoms with Gasteiger partial charge in [-0.2, -0.15) is 0 Å². The van der Waals surface area contributed by atoms with Crippen LogP contribution in [0, 0.1) is 5.92 Å². The molecular formula is C24H28N4O6. The minimum absolute atomic E-state index is 0.0384. The SMILES string of the molecule is CC[C@@H](NC(=O)N1CC(=O)NC[C@H](Cc2ccccc2OC)C1=O)c1ccc(C(=O)O)c(N)c1. The van der Waals surface area contributed by atoms with Crippen molar-refractivity contribution in [3.8, 4) is 5.75 Å². The fraction of sp³-hybridized carbons (Fsp3) is 0.333. The largest absolute Gasteiger partial charge is 0.496 e. The number of para-hydroxylation sites is 1. The van der Waals surface area contributed by atoms with Crippen LogP contribution in [0.3, 0.4) is 0 Å². The molecule has 5 N–H and O–H groups in total. The smallest absolute Gasteiger partial charge is 0.337 e. The molecule has 0 bridgehead atoms. The normalized spacial score (nSPS) is 16.9. The molecule has 0 spiro atoms. The first-order valence-electron chi connectivity index (χ1n) is 10.9. The van der Waals surface area contributed by atoms with Crippen LogP contribution in [0.25, 0.3) is 0 Å². The number of methoxy groups -OCH3 is 1. The van der Waals surface area contributed by atoms with E-state index in [1.54, 1.807) is 12.1 Å². The third kappa shape index (κ3) is 5.45. The van der Waals surface area contributed by atoms with Gasteiger partial charge in [0.25, 0.3) is 0 Å². The zero-order chi connectivity index (χ0) is 24.8. The first-order valence-corrected chi connectivity index (χ1v) is 10.9. The van der Waals surface area contributed by atoms with Gasteiger partial charge in [0, 0.05) is 12.2 Å². The van der Waals surface area contributed by atoms with Gasteiger partial charge in [0.15, 0.2) is 0 Å². The summed E-state index contributed by atoms with van der Waals surface area (Å²) in [5.74, 6) is -2.09. The minimum atomic E-state index is -1.15. The number of nitrogens with one attached hydrogen (secondary N) is 2. The fourth-order valence-corrected chi connectivity index (χ4v) is 3.93. The highest BCUT2D eigenvalue weighted by Crippen LogP contribution is 2.25. The van der Waals surface area contributed by atoms with E-state index >= 15 is 0 Å². The molecule has 0 saturated carbocycles. The lowest BCUT2D eigenvalue weighted by atomic mass is 9.97. The predicted molar refractivity (Wildman–Crippen MR) is 124 cm³/mol. The van der Waals surface area contributed by atoms with Crippen molar-refractivity contribution in [2.75, 3.05) is 25.9 Å². The summed E-state index contributed by atoms with van der Waals surface area (Å²) in [7, 11) is 1.54. The van der Waals surface area contributed by atoms with E-state index in [1.165, 1.54) is 19.2 Å². The van der Waals surface area contributed by atoms with Crippen LogP contribution >= 0.6 is 0 Å². The van der Waals surface area contributed by atoms with Crippen molar-refractivity contribution in [3.05, 3.63) is 59.2 Å². The third-order valence-corrected chi connectivity index (χ3v) is 5.78. The van der Waals surface area contributed by atoms with Gasteiger partial charge in [-0.15, -0.1) is 0 Å². The molecule has 0 radical (unpaired) electrons. The van der Waals surface area contributed by atoms with Crippen LogP contribution in [0.4, 0.5) is 10.5 Å². The number of carboxylic acids is 1. The lowest BCUT2D eigenvalue weighted by molar-refractivity contribution is -0.133. The van der Waals surface area contributed by atoms with Crippen LogP contribution in [0.2, 0.25) is 0 Å². The van der Waals surface area contributed by atoms with Gasteiger partial charge in [0.1, 0.15) is 12.3 Å². The number of carbonyl (C=O) groups is 4. The average Bonchev–Trinajstić information content (AvgIpc) is 2.96. The molecule has 2 atom stereocenters. The average molecular weight is 469 g/mol. The molecule has 1 saturated heterocycles. The number of amides is 4. The summed E-state index contributed by atoms with van der Waals surface area (Å²) >= 11 is 0. The van der Waals surface area contributed by atoms with Crippen LogP contribution < -0.4 is 21.1 Å². The predicted octanol–water partition coefficient (Wildman–Crippen LogP) is 1.95. The quantitative estimate of drug-likeness (QED) is 0.453. The maximum Gasteiger partial charge on any atom is 0.337 e. The zero-order valence-corrected chi connectivity index (χ0v) is 19.0. The van der Waals surface area contributed by atoms with Gasteiger partial charge in [-0.1, -0.05) is 31.2 Å². The maximum absolute atomic E-state index is 13.3. The standard InChI is InChI=1S/C24H28N4O6/c1-3-19(14-8-9-17(23(31)32)18(25)11-14)27-24(33)28-13-21(29)26-12-16(22(28)30)10-15-6-4-5-7-20(15)34-2/h4-9,11,16,19H,3,10,12-13,25H2,1-2H3,(H,26,29)(H,27,33)(H,31,32)/t16-,19+/m0/s1. The van der Waals surface area contributed by atoms with Crippen molar-refractivity contribution < 1.29 is 29.0 Å². The third-order valence-electron chi connectivity index (χ3n) is 5.78. The molecular weight excluding hydrogens is 440 g/mol. The Morgan fingerprint density at radius 2 is 2.00 bits per heavy atom. The van der Waals surface area contributed by atoms with Crippen molar-refractivity contribution in [2.24, 2.45) is 5.92 Å². The summed E-state index contributed by atoms with van der Waals surface area (Å²) < 4.78 is 5.36. The molecule has 180 valence electrons. The number of carbonyl (C=O) groups excluding carboxylic acids is 3. The number of nitrogens with two attached hydrogens (primary N) is 1. The Kier molecular flexibility index (Phi) is 7.72. The fourth-order valence-electron chi connectivity index (χ4n) is 3.93. The molecule has 1 fully saturated rings. The van der Waals surface area contributed by atoms with E-state index in [-0.39, 0.29) is 24.2 Å². The number of benzene rings is 2. The highest BCUT2D eigenvalue weighted by molar-refractivity contribution is 6.01. The number of urea groups is 1. The molecule has 1 heterocycles. The molecule has 2 aromatic rings. The molecule has 34 heavy (non-hydrogen) atoms. The van der Waals surface area contributed by atoms with Crippen LogP contribution in [-0.2, 0) is 16.0 Å². The minimum Gasteiger partial charge on any atom is -0.496 e. The number of rotatable bonds is 7. The van der Waals surface area contributed by atoms with E-state index in [2.05, 4.69) is 10.6 Å². The summed E-state index contributed by atoms with van der Waals surface area (Å²) in [5.41, 5.74) is 7.26. The number of hydrogen-bond donors (Lipinski definition) is 4. The van der Waals surface area contributed by atoms with Gasteiger partial charge in [-0.05, 0) is 42.2 Å². The van der Waals surface area contributed by atoms with E-state index in [0.717, 1.165) is 10.5 Å². The first kappa shape index (κ1) is 24.6. The van der Waals surface area contributed by atoms with Gasteiger partial charge >= 0.3 is 12.0 Å². The second kappa shape index (κ2) is 10.7. The second-order valence-corrected chi connectivity index (χ2v) is 8.00. The Morgan fingerprint density at radius 1 is 1.26 bits per heavy atom. The molecule has 4 amide bonds. The summed E-state index contributed by atoms with van der Waals surface area (Å²) in [6.45, 7) is 1.53. The molecule has 0 unspecified atom stereocenters. The monoisotopic (exact) mass is 468 g/mol. The Bertz CT molecular complexity index is 1100. The number of ether oxygens (including phenoxy) is 1. The summed E-state index contributed by atoms with van der Waals surface area (Å²) in [6, 6.07) is 10.4. The Morgan fingerprint density at radius 3 is 2.65 bits per heavy atom. The Labute approximate surface area is 197 Å². The molecule has 0 aliphatic carbocycles. The molecule has 1 aliphatic heterocycles. The van der Waals surface area contributed by atoms with E-state index in [1.807, 2.05) is 25.1 Å². The van der Waals surface area contributed by atoms with E-state index in [4.69, 9.17) is 10.5 Å². The van der Waals surface area contributed by atoms with Crippen molar-refractivity contribution in [2.45, 2.75) is 25.8 Å². The van der Waals surface area contributed by atoms with Crippen molar-refractivity contribution >= 4 is 29.5 Å². The van der Waals surface area contributed by atoms with Gasteiger partial charge in [-0.3, -0.25) is 14.5 Å². The van der Waals surface area contributed by atoms with Crippen molar-refractivity contribution in [1.82, 2.24) is 15.5 Å². The molecule has 1 aliphatic rings. The molecule has 10 heteroatoms. The van der Waals surface area contributed by atoms with Crippen LogP contribution in [0.5, 0.6) is 5.75 Å². The lowest BCUT2D eigenvalue weighted by Crippen LogP contribution is -2.48. The van der Waals surface area contributed by atoms with Gasteiger partial charge in [0.2, 0.25) is 11.8 Å². The summed E-state index contributed by atoms with van der Waals surface area (Å²) in [6.07, 6.45) is 0.744. The van der Waals surface area contributed by atoms with Crippen LogP contribution in [0.15, 0.2) is 42.5 Å². The highest BCUT2D eigenvalue weighted by Gasteiger charge is 2.35. The number of hydrogen-bond acceptors (Lipinski definition) is 6. The zero-order valence-electron chi connectivity index (χ0n) is 19.0. The number of nitrogen functional groups attached to an aromatic ring is 1. The first-order chi connectivity index (χ1) is 16.2. The maximum atomic E-state index is 13.3. The van der Waals surface area contributed by atoms with Crippen molar-refractivity contribution in [3.63, 3.8) is 0 Å². The number of anilines is 1. The number of imide groups is 1. The summed E-state index contributed by atoms with van der Waals surface area (Å²) in [5, 5.41) is 14.6. The van der Waals surface area contributed by atoms with Gasteiger partial charge in [-0.25, -0.2) is 9.59 Å². The molecule has 0 aromatic heterocycles. The molecule has 10 nitrogen and oxygen atoms in total. The van der Waals surface area contributed by atoms with Gasteiger partial charge < -0.3 is 26.2 Å². The van der Waals surface area contributed by atoms with Gasteiger partial charge in [0.05, 0.1) is 24.6 Å². The topological polar surface area (TPSA) is 151 Å². The lowest BCUT2D eigenvalue weighted by Gasteiger charge is -2.25. The van der Waals surface area contributed by atoms with Crippen LogP contribution in [0.1, 0.15) is 40.9 Å². The van der Waals surface area contributed by atoms with Crippen molar-refractivity contribution in [1.29, 1.82) is 0 Å². The second-order valence-electron chi connectivity index (χ2n) is 8.00. The molecule has 3 rings (SSSR count). The highest BCUT2D eigenvalue weighted by atomic mass is 16.5. The number of nitrogens with zero attached hydrogens (tertiary/aromatic N) is 1.